The van der Waals surface area contributed by atoms with E-state index >= 15 is 0 Å². The Morgan fingerprint density at radius 1 is 1.12 bits per heavy atom. The number of imidazole rings is 1. The number of hydrogen-bond donors (Lipinski definition) is 2. The fourth-order valence-corrected chi connectivity index (χ4v) is 4.03. The van der Waals surface area contributed by atoms with E-state index < -0.39 is 5.95 Å². The second kappa shape index (κ2) is 9.83. The summed E-state index contributed by atoms with van der Waals surface area (Å²) in [6.07, 6.45) is 3.73. The molecule has 0 aliphatic rings. The normalized spacial score (nSPS) is 11.0. The maximum absolute atomic E-state index is 13.6. The monoisotopic (exact) mass is 498 g/mol. The molecule has 4 aromatic rings. The maximum atomic E-state index is 13.6. The van der Waals surface area contributed by atoms with Crippen LogP contribution in [0.4, 0.5) is 10.3 Å². The highest BCUT2D eigenvalue weighted by atomic mass is 35.5. The summed E-state index contributed by atoms with van der Waals surface area (Å²) < 4.78 is 17.3. The Hall–Kier alpha value is -3.42. The lowest BCUT2D eigenvalue weighted by atomic mass is 9.98. The van der Waals surface area contributed by atoms with Gasteiger partial charge < -0.3 is 5.32 Å². The Balaban J connectivity index is 1.67. The van der Waals surface area contributed by atoms with Crippen LogP contribution in [0.2, 0.25) is 10.0 Å². The molecule has 0 saturated heterocycles. The van der Waals surface area contributed by atoms with Crippen molar-refractivity contribution in [2.24, 2.45) is 7.05 Å². The minimum Gasteiger partial charge on any atom is -0.348 e. The van der Waals surface area contributed by atoms with Crippen molar-refractivity contribution in [3.63, 3.8) is 0 Å². The number of nitrogens with one attached hydrogen (secondary N) is 1. The molecular formula is C25H23Cl2FN5O+. The molecule has 2 aromatic carbocycles. The highest BCUT2D eigenvalue weighted by Crippen LogP contribution is 2.26. The molecule has 6 nitrogen and oxygen atoms in total. The number of carbonyl (C=O) groups is 1. The first kappa shape index (κ1) is 23.7. The minimum atomic E-state index is -0.551. The summed E-state index contributed by atoms with van der Waals surface area (Å²) in [5, 5.41) is 3.80. The molecule has 2 aromatic heterocycles. The zero-order chi connectivity index (χ0) is 24.4. The SMILES string of the molecule is Cc1nc(F)ccc1-c1cc(Cn2cc[n+](C)c2N)cc(C(=O)NCc2ccc(Cl)c(Cl)c2)c1. The number of aryl methyl sites for hydroxylation is 2. The van der Waals surface area contributed by atoms with Gasteiger partial charge in [0.15, 0.2) is 0 Å². The van der Waals surface area contributed by atoms with Gasteiger partial charge in [-0.15, -0.1) is 0 Å². The molecule has 1 amide bonds. The van der Waals surface area contributed by atoms with Crippen LogP contribution in [0, 0.1) is 12.9 Å². The van der Waals surface area contributed by atoms with Crippen molar-refractivity contribution in [3.05, 3.63) is 99.3 Å². The fourth-order valence-electron chi connectivity index (χ4n) is 3.71. The number of benzene rings is 2. The number of halogens is 3. The summed E-state index contributed by atoms with van der Waals surface area (Å²) >= 11 is 12.1. The summed E-state index contributed by atoms with van der Waals surface area (Å²) in [6.45, 7) is 2.48. The molecule has 0 bridgehead atoms. The molecule has 0 spiro atoms. The average Bonchev–Trinajstić information content (AvgIpc) is 3.11. The lowest BCUT2D eigenvalue weighted by Crippen LogP contribution is -2.30. The number of rotatable bonds is 6. The molecule has 9 heteroatoms. The third kappa shape index (κ3) is 5.21. The standard InChI is InChI=1S/C25H22Cl2FN5O/c1-15-20(4-6-23(28)31-15)18-9-17(14-33-8-7-32(2)25(33)29)10-19(12-18)24(34)30-13-16-3-5-21(26)22(27)11-16/h3-12,29H,13-14H2,1-2H3,(H,30,34)/p+1. The molecule has 4 rings (SSSR count). The van der Waals surface area contributed by atoms with Crippen LogP contribution in [-0.2, 0) is 20.1 Å². The van der Waals surface area contributed by atoms with Gasteiger partial charge in [0, 0.05) is 23.4 Å². The lowest BCUT2D eigenvalue weighted by Gasteiger charge is -2.12. The van der Waals surface area contributed by atoms with Crippen molar-refractivity contribution in [1.82, 2.24) is 14.9 Å². The second-order valence-electron chi connectivity index (χ2n) is 8.01. The zero-order valence-corrected chi connectivity index (χ0v) is 20.2. The van der Waals surface area contributed by atoms with Crippen molar-refractivity contribution in [2.75, 3.05) is 5.73 Å². The van der Waals surface area contributed by atoms with Crippen LogP contribution in [0.15, 0.2) is 60.9 Å². The lowest BCUT2D eigenvalue weighted by molar-refractivity contribution is -0.656. The largest absolute Gasteiger partial charge is 0.355 e. The molecule has 0 saturated carbocycles. The Morgan fingerprint density at radius 2 is 1.91 bits per heavy atom. The first-order chi connectivity index (χ1) is 16.2. The summed E-state index contributed by atoms with van der Waals surface area (Å²) in [4.78, 5) is 17.0. The Kier molecular flexibility index (Phi) is 6.86. The average molecular weight is 499 g/mol. The highest BCUT2D eigenvalue weighted by molar-refractivity contribution is 6.42. The van der Waals surface area contributed by atoms with Gasteiger partial charge in [0.05, 0.1) is 36.0 Å². The molecular weight excluding hydrogens is 476 g/mol. The Labute approximate surface area is 206 Å². The van der Waals surface area contributed by atoms with E-state index in [1.807, 2.05) is 40.7 Å². The summed E-state index contributed by atoms with van der Waals surface area (Å²) in [6, 6.07) is 13.7. The number of anilines is 1. The van der Waals surface area contributed by atoms with Crippen LogP contribution in [0.1, 0.15) is 27.2 Å². The van der Waals surface area contributed by atoms with E-state index in [0.29, 0.717) is 33.8 Å². The van der Waals surface area contributed by atoms with E-state index in [4.69, 9.17) is 28.9 Å². The Bertz CT molecular complexity index is 1390. The molecule has 0 unspecified atom stereocenters. The van der Waals surface area contributed by atoms with Gasteiger partial charge in [-0.3, -0.25) is 10.5 Å². The number of hydrogen-bond acceptors (Lipinski definition) is 3. The van der Waals surface area contributed by atoms with Gasteiger partial charge in [-0.2, -0.15) is 4.39 Å². The summed E-state index contributed by atoms with van der Waals surface area (Å²) in [5.74, 6) is -0.229. The van der Waals surface area contributed by atoms with E-state index in [0.717, 1.165) is 22.3 Å². The smallest absolute Gasteiger partial charge is 0.348 e. The fraction of sp³-hybridized carbons (Fsp3) is 0.160. The number of pyridine rings is 1. The molecule has 2 heterocycles. The molecule has 0 aliphatic carbocycles. The highest BCUT2D eigenvalue weighted by Gasteiger charge is 2.15. The second-order valence-corrected chi connectivity index (χ2v) is 8.83. The van der Waals surface area contributed by atoms with E-state index in [9.17, 15) is 9.18 Å². The van der Waals surface area contributed by atoms with Gasteiger partial charge in [0.2, 0.25) is 5.95 Å². The van der Waals surface area contributed by atoms with Crippen molar-refractivity contribution < 1.29 is 13.8 Å². The van der Waals surface area contributed by atoms with Crippen LogP contribution in [-0.4, -0.2) is 15.5 Å². The first-order valence-corrected chi connectivity index (χ1v) is 11.3. The molecule has 0 aliphatic heterocycles. The molecule has 174 valence electrons. The zero-order valence-electron chi connectivity index (χ0n) is 18.6. The van der Waals surface area contributed by atoms with Gasteiger partial charge in [0.1, 0.15) is 0 Å². The van der Waals surface area contributed by atoms with Crippen LogP contribution in [0.5, 0.6) is 0 Å². The van der Waals surface area contributed by atoms with Gasteiger partial charge in [0.25, 0.3) is 5.91 Å². The van der Waals surface area contributed by atoms with Crippen LogP contribution < -0.4 is 15.6 Å². The van der Waals surface area contributed by atoms with Crippen molar-refractivity contribution in [3.8, 4) is 11.1 Å². The number of carbonyl (C=O) groups excluding carboxylic acids is 1. The third-order valence-electron chi connectivity index (χ3n) is 5.53. The van der Waals surface area contributed by atoms with Gasteiger partial charge in [-0.25, -0.2) is 14.1 Å². The summed E-state index contributed by atoms with van der Waals surface area (Å²) in [5.41, 5.74) is 10.3. The summed E-state index contributed by atoms with van der Waals surface area (Å²) in [7, 11) is 1.86. The Morgan fingerprint density at radius 3 is 2.59 bits per heavy atom. The minimum absolute atomic E-state index is 0.257. The van der Waals surface area contributed by atoms with Crippen LogP contribution >= 0.6 is 23.2 Å². The molecule has 0 atom stereocenters. The maximum Gasteiger partial charge on any atom is 0.355 e. The van der Waals surface area contributed by atoms with E-state index in [2.05, 4.69) is 10.3 Å². The van der Waals surface area contributed by atoms with E-state index in [1.165, 1.54) is 6.07 Å². The third-order valence-corrected chi connectivity index (χ3v) is 6.27. The van der Waals surface area contributed by atoms with Crippen LogP contribution in [0.25, 0.3) is 11.1 Å². The number of nitrogens with zero attached hydrogens (tertiary/aromatic N) is 3. The van der Waals surface area contributed by atoms with Gasteiger partial charge in [-0.05, 0) is 66.1 Å². The predicted molar refractivity (Wildman–Crippen MR) is 131 cm³/mol. The first-order valence-electron chi connectivity index (χ1n) is 10.5. The number of amides is 1. The van der Waals surface area contributed by atoms with E-state index in [-0.39, 0.29) is 12.5 Å². The topological polar surface area (TPSA) is 76.8 Å². The number of nitrogens with two attached hydrogens (primary N) is 1. The van der Waals surface area contributed by atoms with Gasteiger partial charge >= 0.3 is 5.95 Å². The molecule has 0 fully saturated rings. The van der Waals surface area contributed by atoms with E-state index in [1.54, 1.807) is 37.3 Å². The molecule has 3 N–H and O–H groups in total. The van der Waals surface area contributed by atoms with Crippen LogP contribution in [0.3, 0.4) is 0 Å². The molecule has 34 heavy (non-hydrogen) atoms. The van der Waals surface area contributed by atoms with Crippen molar-refractivity contribution in [1.29, 1.82) is 0 Å². The van der Waals surface area contributed by atoms with Crippen molar-refractivity contribution >= 4 is 35.1 Å². The molecule has 0 radical (unpaired) electrons. The van der Waals surface area contributed by atoms with Crippen molar-refractivity contribution in [2.45, 2.75) is 20.0 Å². The number of aromatic nitrogens is 3. The number of nitrogen functional groups attached to an aromatic ring is 1. The predicted octanol–water partition coefficient (Wildman–Crippen LogP) is 4.69. The quantitative estimate of drug-likeness (QED) is 0.299. The van der Waals surface area contributed by atoms with Gasteiger partial charge in [-0.1, -0.05) is 29.3 Å².